The zero-order chi connectivity index (χ0) is 39.0. The van der Waals surface area contributed by atoms with Crippen molar-refractivity contribution in [1.29, 1.82) is 0 Å². The number of pyridine rings is 3. The molecule has 6 heteroatoms. The molecule has 276 valence electrons. The summed E-state index contributed by atoms with van der Waals surface area (Å²) in [6.45, 7) is 6.17. The minimum Gasteiger partial charge on any atom is -0.308 e. The number of fused-ring (bicyclic) bond motifs is 6. The summed E-state index contributed by atoms with van der Waals surface area (Å²) in [6, 6.07) is 53.3. The Kier molecular flexibility index (Phi) is 8.84. The Labute approximate surface area is 336 Å². The molecule has 0 amide bonds. The van der Waals surface area contributed by atoms with Gasteiger partial charge >= 0.3 is 0 Å². The second-order valence-electron chi connectivity index (χ2n) is 14.5. The first-order valence-corrected chi connectivity index (χ1v) is 19.4. The molecule has 0 spiro atoms. The first kappa shape index (κ1) is 34.8. The highest BCUT2D eigenvalue weighted by atomic mass is 15.0. The summed E-state index contributed by atoms with van der Waals surface area (Å²) in [5, 5.41) is 2.16. The Hall–Kier alpha value is -7.70. The molecular formula is C52H38N6. The predicted octanol–water partition coefficient (Wildman–Crippen LogP) is 12.5. The maximum absolute atomic E-state index is 5.08. The summed E-state index contributed by atoms with van der Waals surface area (Å²) in [7, 11) is 0. The van der Waals surface area contributed by atoms with E-state index in [1.807, 2.05) is 62.2 Å². The third-order valence-electron chi connectivity index (χ3n) is 10.8. The SMILES string of the molecule is C=C/C(=C\N=CCc1ccccc1)c1ccc2c(c1)c1nc(C)ccc1n2-c1cccc(-n2c3ccc(-c4cncc(-c5ccccc5)c4)cc3c3ncccc32)c1. The molecule has 0 saturated heterocycles. The van der Waals surface area contributed by atoms with Crippen LogP contribution in [0.2, 0.25) is 0 Å². The van der Waals surface area contributed by atoms with Crippen molar-refractivity contribution in [1.82, 2.24) is 24.1 Å². The molecule has 0 bridgehead atoms. The molecule has 0 N–H and O–H groups in total. The Morgan fingerprint density at radius 3 is 2.07 bits per heavy atom. The second kappa shape index (κ2) is 14.8. The minimum atomic E-state index is 0.768. The maximum atomic E-state index is 5.08. The molecule has 10 rings (SSSR count). The van der Waals surface area contributed by atoms with Gasteiger partial charge in [0, 0.05) is 76.4 Å². The van der Waals surface area contributed by atoms with Gasteiger partial charge in [0.05, 0.1) is 33.1 Å². The Morgan fingerprint density at radius 2 is 1.29 bits per heavy atom. The highest BCUT2D eigenvalue weighted by Gasteiger charge is 2.18. The van der Waals surface area contributed by atoms with Crippen LogP contribution in [0.25, 0.3) is 83.1 Å². The molecular weight excluding hydrogens is 709 g/mol. The molecule has 5 aromatic heterocycles. The largest absolute Gasteiger partial charge is 0.308 e. The number of aliphatic imine (C=N–C) groups is 1. The Bertz CT molecular complexity index is 3220. The predicted molar refractivity (Wildman–Crippen MR) is 241 cm³/mol. The third kappa shape index (κ3) is 6.27. The van der Waals surface area contributed by atoms with Crippen molar-refractivity contribution >= 4 is 55.7 Å². The lowest BCUT2D eigenvalue weighted by Crippen LogP contribution is -1.99. The lowest BCUT2D eigenvalue weighted by molar-refractivity contribution is 1.13. The number of rotatable bonds is 9. The first-order valence-electron chi connectivity index (χ1n) is 19.4. The summed E-state index contributed by atoms with van der Waals surface area (Å²) in [4.78, 5) is 19.3. The van der Waals surface area contributed by atoms with Crippen molar-refractivity contribution in [2.45, 2.75) is 13.3 Å². The monoisotopic (exact) mass is 746 g/mol. The zero-order valence-corrected chi connectivity index (χ0v) is 32.0. The molecule has 0 radical (unpaired) electrons. The molecule has 0 aliphatic carbocycles. The molecule has 0 atom stereocenters. The van der Waals surface area contributed by atoms with Crippen LogP contribution in [-0.4, -0.2) is 30.3 Å². The van der Waals surface area contributed by atoms with Gasteiger partial charge in [0.2, 0.25) is 0 Å². The zero-order valence-electron chi connectivity index (χ0n) is 32.0. The van der Waals surface area contributed by atoms with Crippen LogP contribution in [0.3, 0.4) is 0 Å². The van der Waals surface area contributed by atoms with Gasteiger partial charge in [-0.3, -0.25) is 19.9 Å². The quantitative estimate of drug-likeness (QED) is 0.109. The van der Waals surface area contributed by atoms with Crippen LogP contribution >= 0.6 is 0 Å². The number of allylic oxidation sites excluding steroid dienone is 2. The summed E-state index contributed by atoms with van der Waals surface area (Å²) in [5.74, 6) is 0. The molecule has 6 nitrogen and oxygen atoms in total. The van der Waals surface area contributed by atoms with E-state index >= 15 is 0 Å². The normalized spacial score (nSPS) is 12.1. The fourth-order valence-electron chi connectivity index (χ4n) is 8.04. The van der Waals surface area contributed by atoms with Gasteiger partial charge in [-0.15, -0.1) is 0 Å². The lowest BCUT2D eigenvalue weighted by Gasteiger charge is -2.13. The van der Waals surface area contributed by atoms with Crippen LogP contribution in [0.15, 0.2) is 194 Å². The third-order valence-corrected chi connectivity index (χ3v) is 10.8. The summed E-state index contributed by atoms with van der Waals surface area (Å²) >= 11 is 0. The standard InChI is InChI=1S/C52H38N6/c1-3-37(32-53-27-25-36-12-6-4-7-13-36)39-20-23-48-46(29-39)52-50(22-19-35(2)56-52)58(48)44-17-10-16-43(31-44)57-47-24-21-40(30-45(47)51-49(57)18-11-26-55-51)42-28-41(33-54-34-42)38-14-8-5-9-15-38/h3-24,26-34H,1,25H2,2H3/b37-32+,53-27?. The average Bonchev–Trinajstić information content (AvgIpc) is 3.79. The van der Waals surface area contributed by atoms with Gasteiger partial charge in [0.1, 0.15) is 0 Å². The van der Waals surface area contributed by atoms with Crippen LogP contribution in [0.1, 0.15) is 16.8 Å². The topological polar surface area (TPSA) is 60.9 Å². The molecule has 0 unspecified atom stereocenters. The van der Waals surface area contributed by atoms with Gasteiger partial charge in [-0.05, 0) is 108 Å². The van der Waals surface area contributed by atoms with Gasteiger partial charge < -0.3 is 9.13 Å². The van der Waals surface area contributed by atoms with E-state index in [0.717, 1.165) is 101 Å². The van der Waals surface area contributed by atoms with Gasteiger partial charge in [0.15, 0.2) is 0 Å². The van der Waals surface area contributed by atoms with Gasteiger partial charge in [0.25, 0.3) is 0 Å². The molecule has 10 aromatic rings. The van der Waals surface area contributed by atoms with Crippen LogP contribution in [0.5, 0.6) is 0 Å². The van der Waals surface area contributed by atoms with Gasteiger partial charge in [-0.1, -0.05) is 91.5 Å². The molecule has 0 aliphatic rings. The number of hydrogen-bond donors (Lipinski definition) is 0. The van der Waals surface area contributed by atoms with Crippen molar-refractivity contribution in [3.8, 4) is 33.6 Å². The Morgan fingerprint density at radius 1 is 0.603 bits per heavy atom. The Balaban J connectivity index is 1.06. The van der Waals surface area contributed by atoms with Crippen molar-refractivity contribution in [2.24, 2.45) is 4.99 Å². The fourth-order valence-corrected chi connectivity index (χ4v) is 8.04. The van der Waals surface area contributed by atoms with Crippen LogP contribution in [-0.2, 0) is 6.42 Å². The second-order valence-corrected chi connectivity index (χ2v) is 14.5. The highest BCUT2D eigenvalue weighted by Crippen LogP contribution is 2.37. The van der Waals surface area contributed by atoms with E-state index in [9.17, 15) is 0 Å². The number of aromatic nitrogens is 5. The number of benzene rings is 5. The van der Waals surface area contributed by atoms with E-state index in [-0.39, 0.29) is 0 Å². The van der Waals surface area contributed by atoms with Crippen molar-refractivity contribution < 1.29 is 0 Å². The van der Waals surface area contributed by atoms with E-state index in [1.54, 1.807) is 0 Å². The molecule has 0 aliphatic heterocycles. The molecule has 0 fully saturated rings. The van der Waals surface area contributed by atoms with E-state index < -0.39 is 0 Å². The fraction of sp³-hybridized carbons (Fsp3) is 0.0385. The first-order chi connectivity index (χ1) is 28.6. The van der Waals surface area contributed by atoms with E-state index in [1.165, 1.54) is 5.56 Å². The molecule has 0 saturated carbocycles. The average molecular weight is 747 g/mol. The minimum absolute atomic E-state index is 0.768. The van der Waals surface area contributed by atoms with Gasteiger partial charge in [-0.25, -0.2) is 0 Å². The van der Waals surface area contributed by atoms with Gasteiger partial charge in [-0.2, -0.15) is 0 Å². The molecule has 5 heterocycles. The highest BCUT2D eigenvalue weighted by molar-refractivity contribution is 6.10. The number of hydrogen-bond acceptors (Lipinski definition) is 4. The van der Waals surface area contributed by atoms with E-state index in [0.29, 0.717) is 0 Å². The van der Waals surface area contributed by atoms with Crippen molar-refractivity contribution in [2.75, 3.05) is 0 Å². The number of nitrogens with zero attached hydrogens (tertiary/aromatic N) is 6. The summed E-state index contributed by atoms with van der Waals surface area (Å²) in [6.07, 6.45) is 12.2. The van der Waals surface area contributed by atoms with Crippen LogP contribution in [0, 0.1) is 6.92 Å². The van der Waals surface area contributed by atoms with Crippen molar-refractivity contribution in [3.05, 3.63) is 206 Å². The number of aryl methyl sites for hydroxylation is 1. The van der Waals surface area contributed by atoms with E-state index in [4.69, 9.17) is 9.97 Å². The summed E-state index contributed by atoms with van der Waals surface area (Å²) < 4.78 is 4.63. The van der Waals surface area contributed by atoms with Crippen molar-refractivity contribution in [3.63, 3.8) is 0 Å². The molecule has 5 aromatic carbocycles. The van der Waals surface area contributed by atoms with Crippen LogP contribution < -0.4 is 0 Å². The van der Waals surface area contributed by atoms with Crippen LogP contribution in [0.4, 0.5) is 0 Å². The van der Waals surface area contributed by atoms with E-state index in [2.05, 4.69) is 159 Å². The maximum Gasteiger partial charge on any atom is 0.0966 e. The lowest BCUT2D eigenvalue weighted by atomic mass is 10.0. The smallest absolute Gasteiger partial charge is 0.0966 e. The summed E-state index contributed by atoms with van der Waals surface area (Å²) in [5.41, 5.74) is 16.8. The molecule has 58 heavy (non-hydrogen) atoms.